The van der Waals surface area contributed by atoms with Crippen LogP contribution in [0.15, 0.2) is 18.2 Å². The van der Waals surface area contributed by atoms with Crippen molar-refractivity contribution in [3.63, 3.8) is 0 Å². The number of nitrogens with zero attached hydrogens (tertiary/aromatic N) is 2. The van der Waals surface area contributed by atoms with Gasteiger partial charge < -0.3 is 24.6 Å². The maximum Gasteiger partial charge on any atom is 0.264 e. The van der Waals surface area contributed by atoms with Crippen molar-refractivity contribution in [1.82, 2.24) is 15.1 Å². The van der Waals surface area contributed by atoms with Crippen LogP contribution in [0.3, 0.4) is 0 Å². The van der Waals surface area contributed by atoms with Crippen LogP contribution in [-0.2, 0) is 15.9 Å². The highest BCUT2D eigenvalue weighted by molar-refractivity contribution is 7.18. The van der Waals surface area contributed by atoms with Gasteiger partial charge in [0, 0.05) is 44.8 Å². The number of hydrogen-bond acceptors (Lipinski definition) is 7. The van der Waals surface area contributed by atoms with E-state index in [1.54, 1.807) is 37.7 Å². The number of nitrogens with one attached hydrogen (secondary N) is 1. The van der Waals surface area contributed by atoms with Crippen molar-refractivity contribution in [3.05, 3.63) is 42.7 Å². The fourth-order valence-corrected chi connectivity index (χ4v) is 6.54. The largest absolute Gasteiger partial charge is 0.383 e. The third-order valence-corrected chi connectivity index (χ3v) is 8.48. The summed E-state index contributed by atoms with van der Waals surface area (Å²) in [6.45, 7) is 2.64. The van der Waals surface area contributed by atoms with Gasteiger partial charge in [-0.15, -0.1) is 22.7 Å². The van der Waals surface area contributed by atoms with Gasteiger partial charge in [-0.25, -0.2) is 0 Å². The van der Waals surface area contributed by atoms with Crippen molar-refractivity contribution < 1.29 is 19.1 Å². The number of likely N-dealkylation sites (N-methyl/N-ethyl adjacent to an activating group) is 1. The maximum atomic E-state index is 13.5. The van der Waals surface area contributed by atoms with E-state index in [0.29, 0.717) is 28.8 Å². The van der Waals surface area contributed by atoms with E-state index in [2.05, 4.69) is 17.3 Å². The van der Waals surface area contributed by atoms with Crippen molar-refractivity contribution in [2.24, 2.45) is 0 Å². The predicted molar refractivity (Wildman–Crippen MR) is 127 cm³/mol. The molecule has 4 rings (SSSR count). The molecule has 0 unspecified atom stereocenters. The number of likely N-dealkylation sites (tertiary alicyclic amines) is 1. The molecule has 1 N–H and O–H groups in total. The van der Waals surface area contributed by atoms with Crippen molar-refractivity contribution in [3.8, 4) is 0 Å². The fourth-order valence-electron chi connectivity index (χ4n) is 4.44. The zero-order valence-electron chi connectivity index (χ0n) is 18.4. The highest BCUT2D eigenvalue weighted by atomic mass is 35.5. The molecule has 0 aliphatic carbocycles. The van der Waals surface area contributed by atoms with Crippen LogP contribution in [0, 0.1) is 0 Å². The second-order valence-electron chi connectivity index (χ2n) is 8.30. The quantitative estimate of drug-likeness (QED) is 0.663. The molecule has 0 spiro atoms. The van der Waals surface area contributed by atoms with Crippen LogP contribution in [-0.4, -0.2) is 81.2 Å². The molecule has 10 heteroatoms. The van der Waals surface area contributed by atoms with E-state index < -0.39 is 0 Å². The number of fused-ring (bicyclic) bond motifs is 1. The topological polar surface area (TPSA) is 71.1 Å². The minimum atomic E-state index is -0.160. The van der Waals surface area contributed by atoms with Gasteiger partial charge in [-0.2, -0.15) is 0 Å². The summed E-state index contributed by atoms with van der Waals surface area (Å²) in [5, 5.41) is 3.05. The minimum Gasteiger partial charge on any atom is -0.383 e. The maximum absolute atomic E-state index is 13.5. The lowest BCUT2D eigenvalue weighted by Crippen LogP contribution is -2.40. The molecule has 0 radical (unpaired) electrons. The molecule has 4 heterocycles. The van der Waals surface area contributed by atoms with Crippen molar-refractivity contribution in [1.29, 1.82) is 0 Å². The van der Waals surface area contributed by atoms with Crippen LogP contribution in [0.4, 0.5) is 0 Å². The van der Waals surface area contributed by atoms with Gasteiger partial charge >= 0.3 is 0 Å². The van der Waals surface area contributed by atoms with Gasteiger partial charge in [0.15, 0.2) is 0 Å². The Morgan fingerprint density at radius 3 is 2.72 bits per heavy atom. The van der Waals surface area contributed by atoms with Crippen LogP contribution in [0.5, 0.6) is 0 Å². The number of carbonyl (C=O) groups excluding carboxylic acids is 2. The Bertz CT molecular complexity index is 978. The zero-order chi connectivity index (χ0) is 22.8. The summed E-state index contributed by atoms with van der Waals surface area (Å²) in [7, 11) is 5.44. The summed E-state index contributed by atoms with van der Waals surface area (Å²) in [5.41, 5.74) is 1.12. The number of methoxy groups -OCH3 is 2. The van der Waals surface area contributed by atoms with Crippen molar-refractivity contribution >= 4 is 46.1 Å². The van der Waals surface area contributed by atoms with Gasteiger partial charge in [0.25, 0.3) is 11.8 Å². The number of amides is 2. The normalized spacial score (nSPS) is 23.8. The van der Waals surface area contributed by atoms with Crippen molar-refractivity contribution in [2.75, 3.05) is 47.5 Å². The lowest BCUT2D eigenvalue weighted by molar-refractivity contribution is 0.0631. The molecule has 2 aliphatic rings. The van der Waals surface area contributed by atoms with E-state index in [4.69, 9.17) is 21.1 Å². The molecule has 1 saturated heterocycles. The number of hydrogen-bond donors (Lipinski definition) is 1. The third kappa shape index (κ3) is 5.03. The van der Waals surface area contributed by atoms with E-state index in [1.807, 2.05) is 11.0 Å². The van der Waals surface area contributed by atoms with Gasteiger partial charge in [-0.1, -0.05) is 11.6 Å². The molecule has 2 amide bonds. The Balaban J connectivity index is 1.49. The minimum absolute atomic E-state index is 0.00996. The smallest absolute Gasteiger partial charge is 0.264 e. The number of carbonyl (C=O) groups is 2. The first-order chi connectivity index (χ1) is 15.4. The van der Waals surface area contributed by atoms with Gasteiger partial charge in [-0.3, -0.25) is 9.59 Å². The first-order valence-electron chi connectivity index (χ1n) is 10.6. The average Bonchev–Trinajstić information content (AvgIpc) is 3.47. The number of rotatable bonds is 6. The van der Waals surface area contributed by atoms with Gasteiger partial charge in [-0.05, 0) is 43.7 Å². The van der Waals surface area contributed by atoms with Crippen LogP contribution in [0.25, 0.3) is 0 Å². The highest BCUT2D eigenvalue weighted by Gasteiger charge is 2.38. The molecular formula is C22H28ClN3O4S2. The first-order valence-corrected chi connectivity index (χ1v) is 12.6. The summed E-state index contributed by atoms with van der Waals surface area (Å²) in [5.74, 6) is -0.170. The van der Waals surface area contributed by atoms with E-state index in [-0.39, 0.29) is 30.0 Å². The summed E-state index contributed by atoms with van der Waals surface area (Å²) in [6, 6.07) is 5.21. The Kier molecular flexibility index (Phi) is 7.54. The summed E-state index contributed by atoms with van der Waals surface area (Å²) >= 11 is 8.77. The lowest BCUT2D eigenvalue weighted by Gasteiger charge is -2.23. The zero-order valence-corrected chi connectivity index (χ0v) is 20.8. The molecule has 0 aromatic carbocycles. The predicted octanol–water partition coefficient (Wildman–Crippen LogP) is 3.30. The molecule has 32 heavy (non-hydrogen) atoms. The summed E-state index contributed by atoms with van der Waals surface area (Å²) in [6.07, 6.45) is 1.53. The molecule has 2 aromatic heterocycles. The number of ether oxygens (including phenoxy) is 2. The van der Waals surface area contributed by atoms with Gasteiger partial charge in [0.2, 0.25) is 0 Å². The Hall–Kier alpha value is -1.49. The molecule has 0 saturated carbocycles. The Morgan fingerprint density at radius 1 is 1.22 bits per heavy atom. The number of thiophene rings is 2. The van der Waals surface area contributed by atoms with E-state index >= 15 is 0 Å². The van der Waals surface area contributed by atoms with E-state index in [9.17, 15) is 9.59 Å². The van der Waals surface area contributed by atoms with Crippen molar-refractivity contribution in [2.45, 2.75) is 31.0 Å². The molecule has 2 aliphatic heterocycles. The lowest BCUT2D eigenvalue weighted by atomic mass is 10.1. The van der Waals surface area contributed by atoms with E-state index in [0.717, 1.165) is 30.0 Å². The van der Waals surface area contributed by atoms with E-state index in [1.165, 1.54) is 16.2 Å². The summed E-state index contributed by atoms with van der Waals surface area (Å²) in [4.78, 5) is 32.7. The molecule has 174 valence electrons. The fraction of sp³-hybridized carbons (Fsp3) is 0.545. The highest BCUT2D eigenvalue weighted by Crippen LogP contribution is 2.34. The molecule has 7 nitrogen and oxygen atoms in total. The summed E-state index contributed by atoms with van der Waals surface area (Å²) < 4.78 is 11.7. The Labute approximate surface area is 201 Å². The molecule has 3 atom stereocenters. The molecule has 1 fully saturated rings. The second kappa shape index (κ2) is 10.2. The number of halogens is 1. The molecular weight excluding hydrogens is 470 g/mol. The third-order valence-electron chi connectivity index (χ3n) is 6.05. The second-order valence-corrected chi connectivity index (χ2v) is 11.2. The van der Waals surface area contributed by atoms with Gasteiger partial charge in [0.1, 0.15) is 0 Å². The molecule has 0 bridgehead atoms. The SMILES string of the molecule is COC[C@@H]1C[C@@H](NC(=O)c2ccc(Cl)s2)CN1C(=O)c1cc2c(s1)CCN(C)C[C@H]2OC. The first kappa shape index (κ1) is 23.7. The average molecular weight is 498 g/mol. The monoisotopic (exact) mass is 497 g/mol. The molecule has 2 aromatic rings. The van der Waals surface area contributed by atoms with Crippen LogP contribution in [0.1, 0.15) is 42.3 Å². The Morgan fingerprint density at radius 2 is 2.03 bits per heavy atom. The van der Waals surface area contributed by atoms with Crippen LogP contribution >= 0.6 is 34.3 Å². The van der Waals surface area contributed by atoms with Gasteiger partial charge in [0.05, 0.1) is 32.8 Å². The van der Waals surface area contributed by atoms with Crippen LogP contribution < -0.4 is 5.32 Å². The standard InChI is InChI=1S/C22H28ClN3O4S2/c1-25-7-6-17-15(16(11-25)30-3)9-19(31-17)22(28)26-10-13(8-14(26)12-29-2)24-21(27)18-4-5-20(23)32-18/h4-5,9,13-14,16H,6-8,10-12H2,1-3H3,(H,24,27)/t13-,14+,16-/m1/s1. The van der Waals surface area contributed by atoms with Crippen LogP contribution in [0.2, 0.25) is 4.34 Å².